The Kier molecular flexibility index (Phi) is 4.54. The van der Waals surface area contributed by atoms with Crippen LogP contribution in [0.25, 0.3) is 33.5 Å². The van der Waals surface area contributed by atoms with Crippen molar-refractivity contribution in [3.8, 4) is 22.6 Å². The summed E-state index contributed by atoms with van der Waals surface area (Å²) >= 11 is 0. The third kappa shape index (κ3) is 3.26. The number of aliphatic hydroxyl groups is 1. The van der Waals surface area contributed by atoms with Crippen LogP contribution in [0, 0.1) is 12.7 Å². The van der Waals surface area contributed by atoms with Gasteiger partial charge in [-0.3, -0.25) is 0 Å². The maximum atomic E-state index is 13.7. The molecule has 0 radical (unpaired) electrons. The van der Waals surface area contributed by atoms with Crippen molar-refractivity contribution in [2.24, 2.45) is 0 Å². The van der Waals surface area contributed by atoms with Crippen molar-refractivity contribution in [3.63, 3.8) is 0 Å². The van der Waals surface area contributed by atoms with Gasteiger partial charge in [-0.15, -0.1) is 0 Å². The predicted octanol–water partition coefficient (Wildman–Crippen LogP) is 4.92. The number of aryl methyl sites for hydroxylation is 2. The summed E-state index contributed by atoms with van der Waals surface area (Å²) in [5.41, 5.74) is 5.66. The number of hydrogen-bond donors (Lipinski definition) is 2. The third-order valence-electron chi connectivity index (χ3n) is 4.93. The smallest absolute Gasteiger partial charge is 0.123 e. The van der Waals surface area contributed by atoms with Crippen LogP contribution >= 0.6 is 0 Å². The van der Waals surface area contributed by atoms with E-state index >= 15 is 0 Å². The minimum atomic E-state index is -0.390. The Morgan fingerprint density at radius 3 is 2.70 bits per heavy atom. The summed E-state index contributed by atoms with van der Waals surface area (Å²) in [7, 11) is 0. The van der Waals surface area contributed by atoms with Crippen molar-refractivity contribution in [2.45, 2.75) is 32.9 Å². The molecule has 4 rings (SSSR count). The Balaban J connectivity index is 1.92. The van der Waals surface area contributed by atoms with E-state index < -0.39 is 6.10 Å². The molecule has 5 heteroatoms. The van der Waals surface area contributed by atoms with Crippen molar-refractivity contribution >= 4 is 10.9 Å². The topological polar surface area (TPSA) is 53.8 Å². The Bertz CT molecular complexity index is 1080. The van der Waals surface area contributed by atoms with Crippen molar-refractivity contribution in [1.82, 2.24) is 14.5 Å². The van der Waals surface area contributed by atoms with E-state index in [1.54, 1.807) is 19.1 Å². The first-order valence-electron chi connectivity index (χ1n) is 9.11. The summed E-state index contributed by atoms with van der Waals surface area (Å²) in [5.74, 6) is -0.248. The number of rotatable bonds is 5. The lowest BCUT2D eigenvalue weighted by atomic mass is 10.1. The number of benzene rings is 2. The van der Waals surface area contributed by atoms with Gasteiger partial charge in [-0.25, -0.2) is 9.37 Å². The van der Waals surface area contributed by atoms with Crippen LogP contribution in [0.3, 0.4) is 0 Å². The molecule has 0 aliphatic carbocycles. The normalized spacial score (nSPS) is 12.6. The van der Waals surface area contributed by atoms with E-state index in [1.807, 2.05) is 43.6 Å². The Labute approximate surface area is 157 Å². The fourth-order valence-electron chi connectivity index (χ4n) is 3.48. The second kappa shape index (κ2) is 7.00. The van der Waals surface area contributed by atoms with Gasteiger partial charge in [0.05, 0.1) is 29.5 Å². The van der Waals surface area contributed by atoms with Crippen LogP contribution in [0.2, 0.25) is 0 Å². The summed E-state index contributed by atoms with van der Waals surface area (Å²) in [6.45, 7) is 4.43. The largest absolute Gasteiger partial charge is 0.393 e. The van der Waals surface area contributed by atoms with Crippen LogP contribution < -0.4 is 0 Å². The lowest BCUT2D eigenvalue weighted by molar-refractivity contribution is 0.178. The van der Waals surface area contributed by atoms with E-state index in [9.17, 15) is 9.50 Å². The molecule has 0 amide bonds. The number of aliphatic hydroxyl groups excluding tert-OH is 1. The summed E-state index contributed by atoms with van der Waals surface area (Å²) in [6.07, 6.45) is 2.05. The third-order valence-corrected chi connectivity index (χ3v) is 4.93. The van der Waals surface area contributed by atoms with Crippen molar-refractivity contribution < 1.29 is 9.50 Å². The van der Waals surface area contributed by atoms with E-state index in [0.717, 1.165) is 39.1 Å². The van der Waals surface area contributed by atoms with E-state index in [-0.39, 0.29) is 5.82 Å². The van der Waals surface area contributed by atoms with Crippen LogP contribution in [0.5, 0.6) is 0 Å². The highest BCUT2D eigenvalue weighted by atomic mass is 19.1. The summed E-state index contributed by atoms with van der Waals surface area (Å²) < 4.78 is 15.8. The SMILES string of the molecule is Cc1c(-c2c(-c3ccccc3)ncn2CC[C@@H](C)O)[nH]c2ccc(F)cc12. The van der Waals surface area contributed by atoms with Crippen LogP contribution in [0.15, 0.2) is 54.9 Å². The molecule has 2 aromatic carbocycles. The number of H-pyrrole nitrogens is 1. The zero-order valence-corrected chi connectivity index (χ0v) is 15.4. The van der Waals surface area contributed by atoms with E-state index in [4.69, 9.17) is 0 Å². The number of imidazole rings is 1. The van der Waals surface area contributed by atoms with Gasteiger partial charge in [0, 0.05) is 23.0 Å². The minimum Gasteiger partial charge on any atom is -0.393 e. The second-order valence-electron chi connectivity index (χ2n) is 6.95. The van der Waals surface area contributed by atoms with Crippen LogP contribution in [-0.4, -0.2) is 25.7 Å². The van der Waals surface area contributed by atoms with Gasteiger partial charge in [0.2, 0.25) is 0 Å². The highest BCUT2D eigenvalue weighted by Gasteiger charge is 2.20. The molecule has 0 saturated carbocycles. The molecule has 0 spiro atoms. The number of aromatic nitrogens is 3. The Morgan fingerprint density at radius 1 is 1.19 bits per heavy atom. The average molecular weight is 363 g/mol. The van der Waals surface area contributed by atoms with Gasteiger partial charge in [-0.05, 0) is 44.0 Å². The fourth-order valence-corrected chi connectivity index (χ4v) is 3.48. The number of halogens is 1. The molecule has 0 saturated heterocycles. The Hall–Kier alpha value is -2.92. The number of nitrogens with one attached hydrogen (secondary N) is 1. The fraction of sp³-hybridized carbons (Fsp3) is 0.227. The van der Waals surface area contributed by atoms with Gasteiger partial charge < -0.3 is 14.7 Å². The molecule has 0 aliphatic heterocycles. The lowest BCUT2D eigenvalue weighted by Gasteiger charge is -2.11. The van der Waals surface area contributed by atoms with Crippen LogP contribution in [0.4, 0.5) is 4.39 Å². The van der Waals surface area contributed by atoms with E-state index in [2.05, 4.69) is 14.5 Å². The molecule has 27 heavy (non-hydrogen) atoms. The first-order valence-corrected chi connectivity index (χ1v) is 9.11. The number of hydrogen-bond acceptors (Lipinski definition) is 2. The monoisotopic (exact) mass is 363 g/mol. The van der Waals surface area contributed by atoms with Gasteiger partial charge in [0.15, 0.2) is 0 Å². The van der Waals surface area contributed by atoms with Gasteiger partial charge in [-0.1, -0.05) is 30.3 Å². The summed E-state index contributed by atoms with van der Waals surface area (Å²) in [6, 6.07) is 14.8. The van der Waals surface area contributed by atoms with Crippen molar-refractivity contribution in [1.29, 1.82) is 0 Å². The summed E-state index contributed by atoms with van der Waals surface area (Å²) in [5, 5.41) is 10.6. The van der Waals surface area contributed by atoms with Gasteiger partial charge >= 0.3 is 0 Å². The van der Waals surface area contributed by atoms with E-state index in [0.29, 0.717) is 13.0 Å². The molecular formula is C22H22FN3O. The molecular weight excluding hydrogens is 341 g/mol. The van der Waals surface area contributed by atoms with Crippen molar-refractivity contribution in [3.05, 3.63) is 66.2 Å². The highest BCUT2D eigenvalue weighted by Crippen LogP contribution is 2.36. The van der Waals surface area contributed by atoms with Gasteiger partial charge in [0.25, 0.3) is 0 Å². The number of nitrogens with zero attached hydrogens (tertiary/aromatic N) is 2. The molecule has 4 nitrogen and oxygen atoms in total. The molecule has 1 atom stereocenters. The number of aromatic amines is 1. The zero-order valence-electron chi connectivity index (χ0n) is 15.4. The van der Waals surface area contributed by atoms with Crippen LogP contribution in [0.1, 0.15) is 18.9 Å². The first kappa shape index (κ1) is 17.5. The average Bonchev–Trinajstić information content (AvgIpc) is 3.22. The maximum absolute atomic E-state index is 13.7. The molecule has 0 aliphatic rings. The molecule has 2 N–H and O–H groups in total. The highest BCUT2D eigenvalue weighted by molar-refractivity contribution is 5.92. The minimum absolute atomic E-state index is 0.248. The molecule has 0 bridgehead atoms. The quantitative estimate of drug-likeness (QED) is 0.529. The van der Waals surface area contributed by atoms with Crippen LogP contribution in [-0.2, 0) is 6.54 Å². The zero-order chi connectivity index (χ0) is 19.0. The van der Waals surface area contributed by atoms with Gasteiger partial charge in [0.1, 0.15) is 5.82 Å². The first-order chi connectivity index (χ1) is 13.0. The summed E-state index contributed by atoms with van der Waals surface area (Å²) in [4.78, 5) is 8.10. The lowest BCUT2D eigenvalue weighted by Crippen LogP contribution is -2.07. The molecule has 2 heterocycles. The molecule has 2 aromatic heterocycles. The van der Waals surface area contributed by atoms with E-state index in [1.165, 1.54) is 6.07 Å². The second-order valence-corrected chi connectivity index (χ2v) is 6.95. The Morgan fingerprint density at radius 2 is 1.96 bits per heavy atom. The maximum Gasteiger partial charge on any atom is 0.123 e. The standard InChI is InChI=1S/C22H22FN3O/c1-14(27)10-11-26-13-24-21(16-6-4-3-5-7-16)22(26)20-15(2)18-12-17(23)8-9-19(18)25-20/h3-9,12-14,25,27H,10-11H2,1-2H3/t14-/m1/s1. The van der Waals surface area contributed by atoms with Crippen molar-refractivity contribution in [2.75, 3.05) is 0 Å². The molecule has 4 aromatic rings. The molecule has 0 unspecified atom stereocenters. The number of fused-ring (bicyclic) bond motifs is 1. The predicted molar refractivity (Wildman–Crippen MR) is 106 cm³/mol. The molecule has 138 valence electrons. The molecule has 0 fully saturated rings. The van der Waals surface area contributed by atoms with Gasteiger partial charge in [-0.2, -0.15) is 0 Å².